The van der Waals surface area contributed by atoms with Crippen LogP contribution in [-0.2, 0) is 14.3 Å². The number of hydrogen-bond acceptors (Lipinski definition) is 3. The third kappa shape index (κ3) is 3.28. The normalized spacial score (nSPS) is 33.2. The molecule has 3 nitrogen and oxygen atoms in total. The first kappa shape index (κ1) is 17.2. The molecule has 0 aromatic heterocycles. The van der Waals surface area contributed by atoms with Crippen molar-refractivity contribution < 1.29 is 14.3 Å². The summed E-state index contributed by atoms with van der Waals surface area (Å²) >= 11 is 0. The summed E-state index contributed by atoms with van der Waals surface area (Å²) in [4.78, 5) is 25.2. The van der Waals surface area contributed by atoms with Gasteiger partial charge < -0.3 is 4.74 Å². The van der Waals surface area contributed by atoms with Crippen LogP contribution in [0.5, 0.6) is 0 Å². The summed E-state index contributed by atoms with van der Waals surface area (Å²) in [5, 5.41) is 0. The molecule has 0 radical (unpaired) electrons. The van der Waals surface area contributed by atoms with Gasteiger partial charge in [0, 0.05) is 12.3 Å². The molecular formula is C19H30O3. The van der Waals surface area contributed by atoms with Crippen LogP contribution >= 0.6 is 0 Å². The first-order valence-corrected chi connectivity index (χ1v) is 8.46. The number of fused-ring (bicyclic) bond motifs is 1. The highest BCUT2D eigenvalue weighted by atomic mass is 16.6. The molecule has 2 aliphatic carbocycles. The van der Waals surface area contributed by atoms with Crippen LogP contribution in [0.2, 0.25) is 0 Å². The Balaban J connectivity index is 2.28. The Labute approximate surface area is 134 Å². The maximum absolute atomic E-state index is 12.7. The molecule has 2 rings (SSSR count). The summed E-state index contributed by atoms with van der Waals surface area (Å²) in [6.45, 7) is 13.8. The van der Waals surface area contributed by atoms with Gasteiger partial charge in [0.2, 0.25) is 0 Å². The van der Waals surface area contributed by atoms with Gasteiger partial charge in [-0.15, -0.1) is 0 Å². The Bertz CT molecular complexity index is 485. The fourth-order valence-corrected chi connectivity index (χ4v) is 4.53. The molecule has 124 valence electrons. The summed E-state index contributed by atoms with van der Waals surface area (Å²) in [5.74, 6) is -0.174. The maximum Gasteiger partial charge on any atom is 0.313 e. The van der Waals surface area contributed by atoms with Crippen molar-refractivity contribution in [2.24, 2.45) is 23.2 Å². The summed E-state index contributed by atoms with van der Waals surface area (Å²) in [5.41, 5.74) is 0.376. The molecule has 0 saturated heterocycles. The zero-order chi connectivity index (χ0) is 16.7. The number of hydrogen-bond donors (Lipinski definition) is 0. The van der Waals surface area contributed by atoms with Gasteiger partial charge >= 0.3 is 5.97 Å². The van der Waals surface area contributed by atoms with Gasteiger partial charge in [0.05, 0.1) is 5.92 Å². The highest BCUT2D eigenvalue weighted by Crippen LogP contribution is 2.56. The molecule has 0 unspecified atom stereocenters. The van der Waals surface area contributed by atoms with Gasteiger partial charge in [0.1, 0.15) is 11.4 Å². The van der Waals surface area contributed by atoms with Crippen molar-refractivity contribution in [1.82, 2.24) is 0 Å². The van der Waals surface area contributed by atoms with Crippen molar-refractivity contribution in [1.29, 1.82) is 0 Å². The van der Waals surface area contributed by atoms with Crippen molar-refractivity contribution in [3.8, 4) is 0 Å². The summed E-state index contributed by atoms with van der Waals surface area (Å²) < 4.78 is 5.61. The lowest BCUT2D eigenvalue weighted by Crippen LogP contribution is -2.41. The van der Waals surface area contributed by atoms with Crippen LogP contribution in [0.1, 0.15) is 66.7 Å². The average molecular weight is 306 g/mol. The van der Waals surface area contributed by atoms with Crippen molar-refractivity contribution in [2.75, 3.05) is 0 Å². The van der Waals surface area contributed by atoms with Gasteiger partial charge in [-0.25, -0.2) is 0 Å². The SMILES string of the molecule is C=C(C)[C@H](C(=O)OC(C)(C)C)[C@@H]1CC[C@@]2(C)CCCC(=O)[C@@H]12. The van der Waals surface area contributed by atoms with Crippen LogP contribution in [0.15, 0.2) is 12.2 Å². The number of carbonyl (C=O) groups is 2. The molecule has 0 amide bonds. The van der Waals surface area contributed by atoms with E-state index in [1.807, 2.05) is 27.7 Å². The molecule has 2 saturated carbocycles. The lowest BCUT2D eigenvalue weighted by Gasteiger charge is -2.39. The molecule has 3 heteroatoms. The predicted octanol–water partition coefficient (Wildman–Crippen LogP) is 4.31. The van der Waals surface area contributed by atoms with E-state index in [2.05, 4.69) is 13.5 Å². The number of Topliss-reactive ketones (excluding diaryl/α,β-unsaturated/α-hetero) is 1. The van der Waals surface area contributed by atoms with E-state index in [0.717, 1.165) is 31.3 Å². The topological polar surface area (TPSA) is 43.4 Å². The molecule has 22 heavy (non-hydrogen) atoms. The van der Waals surface area contributed by atoms with Crippen LogP contribution in [-0.4, -0.2) is 17.4 Å². The summed E-state index contributed by atoms with van der Waals surface area (Å²) in [6, 6.07) is 0. The Morgan fingerprint density at radius 3 is 2.55 bits per heavy atom. The zero-order valence-corrected chi connectivity index (χ0v) is 14.7. The molecule has 0 spiro atoms. The van der Waals surface area contributed by atoms with Gasteiger partial charge in [-0.2, -0.15) is 0 Å². The Morgan fingerprint density at radius 1 is 1.36 bits per heavy atom. The standard InChI is InChI=1S/C19H30O3/c1-12(2)15(17(21)22-18(3,4)5)13-9-11-19(6)10-7-8-14(20)16(13)19/h13,15-16H,1,7-11H2,2-6H3/t13-,15-,16+,19+/m0/s1. The van der Waals surface area contributed by atoms with E-state index >= 15 is 0 Å². The van der Waals surface area contributed by atoms with Gasteiger partial charge in [-0.3, -0.25) is 9.59 Å². The number of carbonyl (C=O) groups excluding carboxylic acids is 2. The van der Waals surface area contributed by atoms with Crippen molar-refractivity contribution in [2.45, 2.75) is 72.3 Å². The van der Waals surface area contributed by atoms with Crippen LogP contribution in [0, 0.1) is 23.2 Å². The minimum absolute atomic E-state index is 0.00420. The zero-order valence-electron chi connectivity index (χ0n) is 14.7. The molecule has 4 atom stereocenters. The molecule has 2 fully saturated rings. The minimum atomic E-state index is -0.511. The quantitative estimate of drug-likeness (QED) is 0.576. The second-order valence-corrected chi connectivity index (χ2v) is 8.51. The van der Waals surface area contributed by atoms with E-state index in [4.69, 9.17) is 4.74 Å². The Hall–Kier alpha value is -1.12. The summed E-state index contributed by atoms with van der Waals surface area (Å²) in [7, 11) is 0. The number of esters is 1. The maximum atomic E-state index is 12.7. The number of ether oxygens (including phenoxy) is 1. The molecule has 0 aromatic rings. The smallest absolute Gasteiger partial charge is 0.313 e. The van der Waals surface area contributed by atoms with E-state index < -0.39 is 5.60 Å². The number of ketones is 1. The van der Waals surface area contributed by atoms with Crippen LogP contribution < -0.4 is 0 Å². The first-order valence-electron chi connectivity index (χ1n) is 8.46. The lowest BCUT2D eigenvalue weighted by molar-refractivity contribution is -0.161. The van der Waals surface area contributed by atoms with Crippen molar-refractivity contribution >= 4 is 11.8 Å². The molecule has 0 bridgehead atoms. The Kier molecular flexibility index (Phi) is 4.56. The van der Waals surface area contributed by atoms with Gasteiger partial charge in [0.15, 0.2) is 0 Å². The Morgan fingerprint density at radius 2 is 2.00 bits per heavy atom. The van der Waals surface area contributed by atoms with Crippen LogP contribution in [0.3, 0.4) is 0 Å². The molecule has 0 aliphatic heterocycles. The molecular weight excluding hydrogens is 276 g/mol. The highest BCUT2D eigenvalue weighted by Gasteiger charge is 2.54. The third-order valence-electron chi connectivity index (χ3n) is 5.37. The largest absolute Gasteiger partial charge is 0.460 e. The number of rotatable bonds is 3. The van der Waals surface area contributed by atoms with E-state index in [1.54, 1.807) is 0 Å². The minimum Gasteiger partial charge on any atom is -0.460 e. The van der Waals surface area contributed by atoms with Gasteiger partial charge in [-0.05, 0) is 64.7 Å². The third-order valence-corrected chi connectivity index (χ3v) is 5.37. The second-order valence-electron chi connectivity index (χ2n) is 8.51. The fourth-order valence-electron chi connectivity index (χ4n) is 4.53. The molecule has 0 N–H and O–H groups in total. The average Bonchev–Trinajstić information content (AvgIpc) is 2.65. The van der Waals surface area contributed by atoms with E-state index in [0.29, 0.717) is 12.2 Å². The fraction of sp³-hybridized carbons (Fsp3) is 0.789. The van der Waals surface area contributed by atoms with Crippen LogP contribution in [0.25, 0.3) is 0 Å². The van der Waals surface area contributed by atoms with E-state index in [9.17, 15) is 9.59 Å². The predicted molar refractivity (Wildman–Crippen MR) is 87.3 cm³/mol. The van der Waals surface area contributed by atoms with Crippen molar-refractivity contribution in [3.63, 3.8) is 0 Å². The molecule has 2 aliphatic rings. The molecule has 0 aromatic carbocycles. The van der Waals surface area contributed by atoms with E-state index in [1.165, 1.54) is 0 Å². The van der Waals surface area contributed by atoms with E-state index in [-0.39, 0.29) is 29.1 Å². The molecule has 0 heterocycles. The van der Waals surface area contributed by atoms with Crippen LogP contribution in [0.4, 0.5) is 0 Å². The first-order chi connectivity index (χ1) is 10.1. The second kappa shape index (κ2) is 5.82. The van der Waals surface area contributed by atoms with Crippen molar-refractivity contribution in [3.05, 3.63) is 12.2 Å². The van der Waals surface area contributed by atoms with Gasteiger partial charge in [0.25, 0.3) is 0 Å². The lowest BCUT2D eigenvalue weighted by atomic mass is 9.64. The van der Waals surface area contributed by atoms with Gasteiger partial charge in [-0.1, -0.05) is 19.1 Å². The monoisotopic (exact) mass is 306 g/mol. The highest BCUT2D eigenvalue weighted by molar-refractivity contribution is 5.85. The summed E-state index contributed by atoms with van der Waals surface area (Å²) in [6.07, 6.45) is 4.69.